The molecule has 0 bridgehead atoms. The molecule has 0 aliphatic rings. The maximum Gasteiger partial charge on any atom is 0.192 e. The number of hydrogen-bond donors (Lipinski definition) is 2. The summed E-state index contributed by atoms with van der Waals surface area (Å²) in [5.74, 6) is 1.28. The molecular weight excluding hydrogens is 482 g/mol. The third-order valence-electron chi connectivity index (χ3n) is 4.39. The molecule has 0 fully saturated rings. The third-order valence-corrected chi connectivity index (χ3v) is 4.39. The summed E-state index contributed by atoms with van der Waals surface area (Å²) in [7, 11) is 0. The lowest BCUT2D eigenvalue weighted by Crippen LogP contribution is -2.38. The van der Waals surface area contributed by atoms with Crippen molar-refractivity contribution < 1.29 is 4.39 Å². The monoisotopic (exact) mass is 508 g/mol. The summed E-state index contributed by atoms with van der Waals surface area (Å²) in [5, 5.41) is 6.57. The normalized spacial score (nSPS) is 12.2. The van der Waals surface area contributed by atoms with E-state index in [2.05, 4.69) is 25.6 Å². The highest BCUT2D eigenvalue weighted by molar-refractivity contribution is 14.0. The van der Waals surface area contributed by atoms with Crippen LogP contribution in [0.5, 0.6) is 0 Å². The second kappa shape index (κ2) is 10.9. The van der Waals surface area contributed by atoms with Crippen molar-refractivity contribution in [2.45, 2.75) is 33.4 Å². The summed E-state index contributed by atoms with van der Waals surface area (Å²) in [4.78, 5) is 13.1. The van der Waals surface area contributed by atoms with E-state index in [9.17, 15) is 4.39 Å². The minimum atomic E-state index is -0.197. The molecule has 1 aromatic carbocycles. The molecule has 0 radical (unpaired) electrons. The molecule has 29 heavy (non-hydrogen) atoms. The molecule has 0 aliphatic heterocycles. The van der Waals surface area contributed by atoms with Crippen LogP contribution in [-0.4, -0.2) is 27.0 Å². The minimum Gasteiger partial charge on any atom is -0.357 e. The molecule has 6 nitrogen and oxygen atoms in total. The molecule has 1 unspecified atom stereocenters. The molecule has 3 rings (SSSR count). The molecule has 0 saturated carbocycles. The van der Waals surface area contributed by atoms with Crippen molar-refractivity contribution in [2.75, 3.05) is 6.54 Å². The summed E-state index contributed by atoms with van der Waals surface area (Å²) >= 11 is 0. The zero-order valence-electron chi connectivity index (χ0n) is 16.8. The van der Waals surface area contributed by atoms with Crippen LogP contribution in [0.3, 0.4) is 0 Å². The fraction of sp³-hybridized carbons (Fsp3) is 0.286. The molecule has 2 heterocycles. The Bertz CT molecular complexity index is 942. The van der Waals surface area contributed by atoms with Crippen LogP contribution in [0.2, 0.25) is 0 Å². The fourth-order valence-electron chi connectivity index (χ4n) is 2.75. The van der Waals surface area contributed by atoms with Crippen LogP contribution in [0.15, 0.2) is 60.2 Å². The van der Waals surface area contributed by atoms with Gasteiger partial charge in [-0.2, -0.15) is 0 Å². The lowest BCUT2D eigenvalue weighted by atomic mass is 10.1. The van der Waals surface area contributed by atoms with E-state index in [0.717, 1.165) is 23.5 Å². The van der Waals surface area contributed by atoms with Gasteiger partial charge in [0, 0.05) is 25.1 Å². The first-order valence-corrected chi connectivity index (χ1v) is 9.31. The van der Waals surface area contributed by atoms with Crippen LogP contribution >= 0.6 is 24.0 Å². The maximum absolute atomic E-state index is 13.9. The van der Waals surface area contributed by atoms with Crippen LogP contribution in [0.1, 0.15) is 36.6 Å². The number of pyridine rings is 1. The third kappa shape index (κ3) is 6.25. The molecular formula is C21H26FIN6. The number of hydrogen-bond acceptors (Lipinski definition) is 3. The van der Waals surface area contributed by atoms with Crippen molar-refractivity contribution in [1.29, 1.82) is 0 Å². The number of benzene rings is 1. The predicted octanol–water partition coefficient (Wildman–Crippen LogP) is 4.15. The van der Waals surface area contributed by atoms with Crippen LogP contribution in [0.25, 0.3) is 5.82 Å². The average molecular weight is 508 g/mol. The highest BCUT2D eigenvalue weighted by Crippen LogP contribution is 2.16. The largest absolute Gasteiger partial charge is 0.357 e. The summed E-state index contributed by atoms with van der Waals surface area (Å²) < 4.78 is 15.7. The number of aliphatic imine (C=N–C) groups is 1. The lowest BCUT2D eigenvalue weighted by Gasteiger charge is -2.18. The Hall–Kier alpha value is -2.49. The van der Waals surface area contributed by atoms with E-state index in [1.165, 1.54) is 0 Å². The molecule has 0 spiro atoms. The topological polar surface area (TPSA) is 67.1 Å². The van der Waals surface area contributed by atoms with E-state index in [0.29, 0.717) is 18.1 Å². The summed E-state index contributed by atoms with van der Waals surface area (Å²) in [6.45, 7) is 6.99. The fourth-order valence-corrected chi connectivity index (χ4v) is 2.75. The zero-order chi connectivity index (χ0) is 19.9. The first-order chi connectivity index (χ1) is 13.6. The van der Waals surface area contributed by atoms with E-state index in [-0.39, 0.29) is 35.8 Å². The van der Waals surface area contributed by atoms with Crippen molar-refractivity contribution in [3.8, 4) is 5.82 Å². The van der Waals surface area contributed by atoms with E-state index in [4.69, 9.17) is 0 Å². The number of nitrogens with zero attached hydrogens (tertiary/aromatic N) is 4. The van der Waals surface area contributed by atoms with Gasteiger partial charge in [0.15, 0.2) is 5.96 Å². The van der Waals surface area contributed by atoms with Gasteiger partial charge in [-0.05, 0) is 55.7 Å². The smallest absolute Gasteiger partial charge is 0.192 e. The second-order valence-corrected chi connectivity index (χ2v) is 6.56. The first-order valence-electron chi connectivity index (χ1n) is 9.31. The highest BCUT2D eigenvalue weighted by atomic mass is 127. The molecule has 1 atom stereocenters. The number of aromatic nitrogens is 3. The average Bonchev–Trinajstić information content (AvgIpc) is 3.23. The number of guanidine groups is 1. The maximum atomic E-state index is 13.9. The predicted molar refractivity (Wildman–Crippen MR) is 124 cm³/mol. The van der Waals surface area contributed by atoms with Gasteiger partial charge in [-0.3, -0.25) is 4.57 Å². The SMILES string of the molecule is CCNC(=NCc1ccnc(-n2ccnc2)c1)NC(C)c1ccc(C)c(F)c1.I. The Kier molecular flexibility index (Phi) is 8.56. The Balaban J connectivity index is 0.00000300. The Morgan fingerprint density at radius 3 is 2.76 bits per heavy atom. The number of rotatable bonds is 6. The van der Waals surface area contributed by atoms with Crippen molar-refractivity contribution in [1.82, 2.24) is 25.2 Å². The van der Waals surface area contributed by atoms with E-state index in [1.807, 2.05) is 42.8 Å². The van der Waals surface area contributed by atoms with E-state index >= 15 is 0 Å². The first kappa shape index (κ1) is 22.8. The number of nitrogens with one attached hydrogen (secondary N) is 2. The van der Waals surface area contributed by atoms with Crippen LogP contribution in [0.4, 0.5) is 4.39 Å². The molecule has 154 valence electrons. The van der Waals surface area contributed by atoms with Crippen molar-refractivity contribution in [3.63, 3.8) is 0 Å². The van der Waals surface area contributed by atoms with Gasteiger partial charge in [-0.1, -0.05) is 12.1 Å². The number of imidazole rings is 1. The lowest BCUT2D eigenvalue weighted by molar-refractivity contribution is 0.607. The minimum absolute atomic E-state index is 0. The second-order valence-electron chi connectivity index (χ2n) is 6.56. The molecule has 2 aromatic heterocycles. The van der Waals surface area contributed by atoms with E-state index < -0.39 is 0 Å². The molecule has 0 saturated heterocycles. The quantitative estimate of drug-likeness (QED) is 0.298. The van der Waals surface area contributed by atoms with Crippen molar-refractivity contribution >= 4 is 29.9 Å². The summed E-state index contributed by atoms with van der Waals surface area (Å²) in [5.41, 5.74) is 2.55. The molecule has 3 aromatic rings. The number of halogens is 2. The van der Waals surface area contributed by atoms with Gasteiger partial charge in [0.25, 0.3) is 0 Å². The molecule has 2 N–H and O–H groups in total. The van der Waals surface area contributed by atoms with Gasteiger partial charge in [0.2, 0.25) is 0 Å². The van der Waals surface area contributed by atoms with Gasteiger partial charge in [0.05, 0.1) is 12.6 Å². The van der Waals surface area contributed by atoms with Gasteiger partial charge >= 0.3 is 0 Å². The zero-order valence-corrected chi connectivity index (χ0v) is 19.1. The Morgan fingerprint density at radius 2 is 2.07 bits per heavy atom. The van der Waals surface area contributed by atoms with Crippen molar-refractivity contribution in [3.05, 3.63) is 77.8 Å². The van der Waals surface area contributed by atoms with Gasteiger partial charge in [-0.25, -0.2) is 19.4 Å². The number of aryl methyl sites for hydroxylation is 1. The summed E-state index contributed by atoms with van der Waals surface area (Å²) in [6.07, 6.45) is 7.04. The molecule has 0 amide bonds. The van der Waals surface area contributed by atoms with Crippen LogP contribution in [0, 0.1) is 12.7 Å². The van der Waals surface area contributed by atoms with Crippen LogP contribution in [-0.2, 0) is 6.54 Å². The van der Waals surface area contributed by atoms with Gasteiger partial charge < -0.3 is 10.6 Å². The standard InChI is InChI=1S/C21H25FN6.HI/c1-4-24-21(27-16(3)18-6-5-15(2)19(22)12-18)26-13-17-7-8-25-20(11-17)28-10-9-23-14-28;/h5-12,14,16H,4,13H2,1-3H3,(H2,24,26,27);1H. The van der Waals surface area contributed by atoms with Crippen LogP contribution < -0.4 is 10.6 Å². The summed E-state index contributed by atoms with van der Waals surface area (Å²) in [6, 6.07) is 9.13. The Morgan fingerprint density at radius 1 is 1.24 bits per heavy atom. The van der Waals surface area contributed by atoms with Gasteiger partial charge in [0.1, 0.15) is 18.0 Å². The molecule has 8 heteroatoms. The van der Waals surface area contributed by atoms with E-state index in [1.54, 1.807) is 37.8 Å². The highest BCUT2D eigenvalue weighted by Gasteiger charge is 2.10. The molecule has 0 aliphatic carbocycles. The van der Waals surface area contributed by atoms with Gasteiger partial charge in [-0.15, -0.1) is 24.0 Å². The van der Waals surface area contributed by atoms with Crippen molar-refractivity contribution in [2.24, 2.45) is 4.99 Å². The Labute approximate surface area is 187 Å².